The van der Waals surface area contributed by atoms with Crippen molar-refractivity contribution in [1.82, 2.24) is 10.2 Å². The van der Waals surface area contributed by atoms with E-state index >= 15 is 0 Å². The van der Waals surface area contributed by atoms with Crippen LogP contribution in [0.1, 0.15) is 38.2 Å². The lowest BCUT2D eigenvalue weighted by molar-refractivity contribution is 0.492. The molecule has 0 amide bonds. The molecule has 1 aliphatic heterocycles. The first-order chi connectivity index (χ1) is 8.81. The van der Waals surface area contributed by atoms with Crippen molar-refractivity contribution in [3.63, 3.8) is 0 Å². The Hall–Kier alpha value is -1.03. The van der Waals surface area contributed by atoms with E-state index < -0.39 is 0 Å². The van der Waals surface area contributed by atoms with E-state index in [1.54, 1.807) is 11.3 Å². The number of hydrogen-bond donors (Lipinski definition) is 1. The Morgan fingerprint density at radius 3 is 2.89 bits per heavy atom. The number of likely N-dealkylation sites (tertiary alicyclic amines) is 1. The van der Waals surface area contributed by atoms with E-state index in [1.807, 2.05) is 0 Å². The summed E-state index contributed by atoms with van der Waals surface area (Å²) in [5.41, 5.74) is 1.40. The highest BCUT2D eigenvalue weighted by Crippen LogP contribution is 2.18. The second kappa shape index (κ2) is 6.78. The lowest BCUT2D eigenvalue weighted by Crippen LogP contribution is -2.39. The Labute approximate surface area is 114 Å². The van der Waals surface area contributed by atoms with Crippen molar-refractivity contribution >= 4 is 17.3 Å². The van der Waals surface area contributed by atoms with Crippen LogP contribution in [0.3, 0.4) is 0 Å². The van der Waals surface area contributed by atoms with Crippen LogP contribution in [0.4, 0.5) is 0 Å². The summed E-state index contributed by atoms with van der Waals surface area (Å²) < 4.78 is 0. The van der Waals surface area contributed by atoms with E-state index in [2.05, 4.69) is 40.9 Å². The normalized spacial score (nSPS) is 18.1. The Bertz CT molecular complexity index is 366. The highest BCUT2D eigenvalue weighted by Gasteiger charge is 2.16. The average Bonchev–Trinajstić information content (AvgIpc) is 3.04. The van der Waals surface area contributed by atoms with Crippen LogP contribution in [0, 0.1) is 0 Å². The van der Waals surface area contributed by atoms with Gasteiger partial charge in [-0.2, -0.15) is 11.3 Å². The van der Waals surface area contributed by atoms with Gasteiger partial charge in [0.1, 0.15) is 0 Å². The van der Waals surface area contributed by atoms with Gasteiger partial charge in [0.2, 0.25) is 0 Å². The fourth-order valence-electron chi connectivity index (χ4n) is 2.24. The minimum atomic E-state index is 0.507. The van der Waals surface area contributed by atoms with Crippen molar-refractivity contribution in [1.29, 1.82) is 0 Å². The molecule has 18 heavy (non-hydrogen) atoms. The first-order valence-corrected chi connectivity index (χ1v) is 7.81. The van der Waals surface area contributed by atoms with E-state index in [0.29, 0.717) is 5.92 Å². The van der Waals surface area contributed by atoms with Gasteiger partial charge in [0.15, 0.2) is 5.96 Å². The van der Waals surface area contributed by atoms with Crippen molar-refractivity contribution in [3.05, 3.63) is 22.4 Å². The molecule has 2 heterocycles. The second-order valence-electron chi connectivity index (χ2n) is 4.85. The molecule has 1 saturated heterocycles. The molecule has 1 aromatic heterocycles. The molecule has 1 unspecified atom stereocenters. The molecule has 3 nitrogen and oxygen atoms in total. The number of aliphatic imine (C=N–C) groups is 1. The summed E-state index contributed by atoms with van der Waals surface area (Å²) in [6, 6.07) is 2.20. The summed E-state index contributed by atoms with van der Waals surface area (Å²) in [7, 11) is 0. The van der Waals surface area contributed by atoms with Crippen molar-refractivity contribution in [2.45, 2.75) is 32.6 Å². The van der Waals surface area contributed by atoms with Crippen molar-refractivity contribution in [2.24, 2.45) is 4.99 Å². The molecule has 2 rings (SSSR count). The summed E-state index contributed by atoms with van der Waals surface area (Å²) in [5.74, 6) is 1.60. The van der Waals surface area contributed by atoms with Gasteiger partial charge in [-0.05, 0) is 42.2 Å². The average molecular weight is 265 g/mol. The number of nitrogens with one attached hydrogen (secondary N) is 1. The molecule has 1 fully saturated rings. The fourth-order valence-corrected chi connectivity index (χ4v) is 3.02. The van der Waals surface area contributed by atoms with Gasteiger partial charge in [-0.15, -0.1) is 0 Å². The molecule has 1 N–H and O–H groups in total. The summed E-state index contributed by atoms with van der Waals surface area (Å²) in [5, 5.41) is 7.77. The molecule has 0 bridgehead atoms. The van der Waals surface area contributed by atoms with E-state index in [-0.39, 0.29) is 0 Å². The smallest absolute Gasteiger partial charge is 0.193 e. The third kappa shape index (κ3) is 3.48. The molecule has 4 heteroatoms. The van der Waals surface area contributed by atoms with Gasteiger partial charge >= 0.3 is 0 Å². The summed E-state index contributed by atoms with van der Waals surface area (Å²) in [6.45, 7) is 8.50. The van der Waals surface area contributed by atoms with E-state index in [1.165, 1.54) is 18.4 Å². The van der Waals surface area contributed by atoms with Crippen LogP contribution in [0.15, 0.2) is 21.8 Å². The van der Waals surface area contributed by atoms with Crippen LogP contribution in [0.5, 0.6) is 0 Å². The van der Waals surface area contributed by atoms with Crippen LogP contribution in [-0.2, 0) is 0 Å². The first kappa shape index (κ1) is 13.4. The molecular weight excluding hydrogens is 242 g/mol. The molecule has 100 valence electrons. The van der Waals surface area contributed by atoms with Gasteiger partial charge in [0, 0.05) is 32.1 Å². The standard InChI is InChI=1S/C14H23N3S/c1-3-15-14(17-7-4-5-8-17)16-10-12(2)13-6-9-18-11-13/h6,9,11-12H,3-5,7-8,10H2,1-2H3,(H,15,16). The minimum Gasteiger partial charge on any atom is -0.357 e. The first-order valence-electron chi connectivity index (χ1n) is 6.86. The Morgan fingerprint density at radius 2 is 2.28 bits per heavy atom. The SMILES string of the molecule is CCNC(=NCC(C)c1ccsc1)N1CCCC1. The van der Waals surface area contributed by atoms with Gasteiger partial charge in [-0.25, -0.2) is 0 Å². The molecule has 0 spiro atoms. The highest BCUT2D eigenvalue weighted by atomic mass is 32.1. The molecule has 1 aromatic rings. The van der Waals surface area contributed by atoms with Crippen LogP contribution in [0.2, 0.25) is 0 Å². The maximum atomic E-state index is 4.79. The summed E-state index contributed by atoms with van der Waals surface area (Å²) >= 11 is 1.76. The molecule has 0 radical (unpaired) electrons. The van der Waals surface area contributed by atoms with Crippen molar-refractivity contribution in [2.75, 3.05) is 26.2 Å². The number of guanidine groups is 1. The molecule has 1 aliphatic rings. The number of rotatable bonds is 4. The van der Waals surface area contributed by atoms with E-state index in [4.69, 9.17) is 4.99 Å². The monoisotopic (exact) mass is 265 g/mol. The Balaban J connectivity index is 1.95. The number of hydrogen-bond acceptors (Lipinski definition) is 2. The van der Waals surface area contributed by atoms with Gasteiger partial charge in [-0.1, -0.05) is 6.92 Å². The van der Waals surface area contributed by atoms with Gasteiger partial charge in [0.25, 0.3) is 0 Å². The van der Waals surface area contributed by atoms with Gasteiger partial charge < -0.3 is 10.2 Å². The Morgan fingerprint density at radius 1 is 1.50 bits per heavy atom. The number of thiophene rings is 1. The summed E-state index contributed by atoms with van der Waals surface area (Å²) in [6.07, 6.45) is 2.59. The summed E-state index contributed by atoms with van der Waals surface area (Å²) in [4.78, 5) is 7.17. The fraction of sp³-hybridized carbons (Fsp3) is 0.643. The molecular formula is C14H23N3S. The zero-order chi connectivity index (χ0) is 12.8. The zero-order valence-corrected chi connectivity index (χ0v) is 12.2. The lowest BCUT2D eigenvalue weighted by Gasteiger charge is -2.21. The van der Waals surface area contributed by atoms with Crippen LogP contribution < -0.4 is 5.32 Å². The minimum absolute atomic E-state index is 0.507. The molecule has 0 aliphatic carbocycles. The van der Waals surface area contributed by atoms with Crippen LogP contribution >= 0.6 is 11.3 Å². The topological polar surface area (TPSA) is 27.6 Å². The lowest BCUT2D eigenvalue weighted by atomic mass is 10.1. The van der Waals surface area contributed by atoms with Crippen molar-refractivity contribution in [3.8, 4) is 0 Å². The maximum Gasteiger partial charge on any atom is 0.193 e. The molecule has 1 atom stereocenters. The van der Waals surface area contributed by atoms with E-state index in [9.17, 15) is 0 Å². The van der Waals surface area contributed by atoms with Gasteiger partial charge in [0.05, 0.1) is 0 Å². The molecule has 0 aromatic carbocycles. The maximum absolute atomic E-state index is 4.79. The highest BCUT2D eigenvalue weighted by molar-refractivity contribution is 7.07. The largest absolute Gasteiger partial charge is 0.357 e. The zero-order valence-electron chi connectivity index (χ0n) is 11.4. The second-order valence-corrected chi connectivity index (χ2v) is 5.63. The Kier molecular flexibility index (Phi) is 5.05. The third-order valence-electron chi connectivity index (χ3n) is 3.37. The van der Waals surface area contributed by atoms with Crippen LogP contribution in [0.25, 0.3) is 0 Å². The predicted molar refractivity (Wildman–Crippen MR) is 79.5 cm³/mol. The number of nitrogens with zero attached hydrogens (tertiary/aromatic N) is 2. The van der Waals surface area contributed by atoms with Gasteiger partial charge in [-0.3, -0.25) is 4.99 Å². The third-order valence-corrected chi connectivity index (χ3v) is 4.07. The predicted octanol–water partition coefficient (Wildman–Crippen LogP) is 2.91. The van der Waals surface area contributed by atoms with Crippen LogP contribution in [-0.4, -0.2) is 37.0 Å². The molecule has 0 saturated carbocycles. The van der Waals surface area contributed by atoms with Crippen molar-refractivity contribution < 1.29 is 0 Å². The van der Waals surface area contributed by atoms with E-state index in [0.717, 1.165) is 32.1 Å². The quantitative estimate of drug-likeness (QED) is 0.669.